The number of allylic oxidation sites excluding steroid dienone is 2. The summed E-state index contributed by atoms with van der Waals surface area (Å²) in [5, 5.41) is 0. The maximum absolute atomic E-state index is 6.21. The smallest absolute Gasteiger partial charge is 0.0611 e. The number of thioether (sulfide) groups is 4. The molecule has 0 saturated carbocycles. The predicted molar refractivity (Wildman–Crippen MR) is 182 cm³/mol. The fourth-order valence-electron chi connectivity index (χ4n) is 3.22. The van der Waals surface area contributed by atoms with Crippen LogP contribution in [0.5, 0.6) is 0 Å². The third kappa shape index (κ3) is 9.98. The number of hydrogen-bond acceptors (Lipinski definition) is 8. The second kappa shape index (κ2) is 18.7. The average molecular weight is 585 g/mol. The van der Waals surface area contributed by atoms with Crippen LogP contribution in [0.2, 0.25) is 0 Å². The lowest BCUT2D eigenvalue weighted by atomic mass is 10.1. The number of hydrogen-bond donors (Lipinski definition) is 4. The molecule has 2 aromatic carbocycles. The Labute approximate surface area is 246 Å². The summed E-state index contributed by atoms with van der Waals surface area (Å²) in [5.41, 5.74) is 29.9. The van der Waals surface area contributed by atoms with E-state index in [9.17, 15) is 0 Å². The van der Waals surface area contributed by atoms with E-state index in [2.05, 4.69) is 51.6 Å². The van der Waals surface area contributed by atoms with Gasteiger partial charge in [0.05, 0.1) is 27.6 Å². The van der Waals surface area contributed by atoms with Crippen LogP contribution in [-0.2, 0) is 12.8 Å². The topological polar surface area (TPSA) is 104 Å². The number of anilines is 4. The average Bonchev–Trinajstić information content (AvgIpc) is 2.91. The highest BCUT2D eigenvalue weighted by molar-refractivity contribution is 8.01. The molecule has 4 nitrogen and oxygen atoms in total. The maximum atomic E-state index is 6.21. The molecule has 2 rings (SSSR count). The summed E-state index contributed by atoms with van der Waals surface area (Å²) in [4.78, 5) is 4.11. The standard InChI is InChI=1S/2C15H20N2S2/c1-4-7-11-14(16)12(18-8-5-2)10-13(15(11)17)19-9-6-3;1-4-7-11-10-12(18-8-5-2)14(17)15(13(11)16)19-9-6-3/h2*4-6,10H,1-3,7-9,16-17H2. The van der Waals surface area contributed by atoms with Crippen molar-refractivity contribution in [3.05, 3.63) is 99.2 Å². The normalized spacial score (nSPS) is 10.1. The summed E-state index contributed by atoms with van der Waals surface area (Å²) in [5.74, 6) is 3.27. The van der Waals surface area contributed by atoms with Crippen LogP contribution in [-0.4, -0.2) is 23.0 Å². The Morgan fingerprint density at radius 1 is 0.500 bits per heavy atom. The van der Waals surface area contributed by atoms with Crippen molar-refractivity contribution in [2.45, 2.75) is 32.4 Å². The first-order valence-electron chi connectivity index (χ1n) is 11.9. The van der Waals surface area contributed by atoms with Gasteiger partial charge < -0.3 is 22.9 Å². The van der Waals surface area contributed by atoms with E-state index in [1.165, 1.54) is 0 Å². The minimum atomic E-state index is 0.682. The molecular weight excluding hydrogens is 545 g/mol. The van der Waals surface area contributed by atoms with Crippen molar-refractivity contribution < 1.29 is 0 Å². The Morgan fingerprint density at radius 2 is 0.921 bits per heavy atom. The van der Waals surface area contributed by atoms with Gasteiger partial charge in [-0.2, -0.15) is 0 Å². The first-order valence-corrected chi connectivity index (χ1v) is 15.8. The Balaban J connectivity index is 0.000000380. The molecule has 0 amide bonds. The van der Waals surface area contributed by atoms with Crippen molar-refractivity contribution >= 4 is 69.8 Å². The molecule has 0 bridgehead atoms. The highest BCUT2D eigenvalue weighted by atomic mass is 32.2. The van der Waals surface area contributed by atoms with Crippen LogP contribution in [0.4, 0.5) is 22.7 Å². The molecule has 0 aliphatic carbocycles. The van der Waals surface area contributed by atoms with E-state index in [4.69, 9.17) is 22.9 Å². The van der Waals surface area contributed by atoms with Crippen molar-refractivity contribution in [2.24, 2.45) is 0 Å². The van der Waals surface area contributed by atoms with E-state index in [1.807, 2.05) is 36.5 Å². The second-order valence-electron chi connectivity index (χ2n) is 7.75. The number of nitrogens with two attached hydrogens (primary N) is 4. The van der Waals surface area contributed by atoms with Crippen LogP contribution >= 0.6 is 47.0 Å². The molecule has 8 N–H and O–H groups in total. The molecule has 38 heavy (non-hydrogen) atoms. The molecule has 0 aliphatic heterocycles. The number of nitrogen functional groups attached to an aromatic ring is 4. The van der Waals surface area contributed by atoms with E-state index in [-0.39, 0.29) is 0 Å². The van der Waals surface area contributed by atoms with Crippen LogP contribution in [0.1, 0.15) is 11.1 Å². The summed E-state index contributed by atoms with van der Waals surface area (Å²) in [7, 11) is 0. The summed E-state index contributed by atoms with van der Waals surface area (Å²) in [6.45, 7) is 22.5. The van der Waals surface area contributed by atoms with Gasteiger partial charge in [0.25, 0.3) is 0 Å². The van der Waals surface area contributed by atoms with Crippen LogP contribution in [0, 0.1) is 0 Å². The van der Waals surface area contributed by atoms with Crippen molar-refractivity contribution in [1.82, 2.24) is 0 Å². The minimum Gasteiger partial charge on any atom is -0.398 e. The molecular formula is C30H40N4S4. The molecule has 204 valence electrons. The highest BCUT2D eigenvalue weighted by Crippen LogP contribution is 2.41. The van der Waals surface area contributed by atoms with Gasteiger partial charge in [-0.3, -0.25) is 0 Å². The van der Waals surface area contributed by atoms with Crippen LogP contribution in [0.3, 0.4) is 0 Å². The first-order chi connectivity index (χ1) is 18.3. The number of rotatable bonds is 16. The third-order valence-electron chi connectivity index (χ3n) is 4.98. The molecule has 0 aliphatic rings. The van der Waals surface area contributed by atoms with E-state index in [0.717, 1.165) is 82.9 Å². The highest BCUT2D eigenvalue weighted by Gasteiger charge is 2.15. The largest absolute Gasteiger partial charge is 0.398 e. The van der Waals surface area contributed by atoms with Crippen molar-refractivity contribution in [3.63, 3.8) is 0 Å². The lowest BCUT2D eigenvalue weighted by molar-refractivity contribution is 1.20. The van der Waals surface area contributed by atoms with Gasteiger partial charge in [-0.15, -0.1) is 86.5 Å². The Hall–Kier alpha value is -2.52. The molecule has 0 spiro atoms. The van der Waals surface area contributed by atoms with Gasteiger partial charge in [0, 0.05) is 43.3 Å². The van der Waals surface area contributed by atoms with E-state index >= 15 is 0 Å². The second-order valence-corrected chi connectivity index (χ2v) is 12.0. The lowest BCUT2D eigenvalue weighted by Crippen LogP contribution is -2.03. The number of benzene rings is 2. The van der Waals surface area contributed by atoms with Crippen LogP contribution in [0.25, 0.3) is 0 Å². The molecule has 0 fully saturated rings. The predicted octanol–water partition coefficient (Wildman–Crippen LogP) is 8.27. The third-order valence-corrected chi connectivity index (χ3v) is 9.26. The monoisotopic (exact) mass is 584 g/mol. The van der Waals surface area contributed by atoms with Crippen molar-refractivity contribution in [2.75, 3.05) is 45.9 Å². The fourth-order valence-corrected chi connectivity index (χ4v) is 6.54. The van der Waals surface area contributed by atoms with Gasteiger partial charge in [-0.1, -0.05) is 36.5 Å². The minimum absolute atomic E-state index is 0.682. The molecule has 0 atom stereocenters. The zero-order valence-electron chi connectivity index (χ0n) is 22.0. The zero-order chi connectivity index (χ0) is 28.5. The van der Waals surface area contributed by atoms with Gasteiger partial charge in [-0.25, -0.2) is 0 Å². The maximum Gasteiger partial charge on any atom is 0.0611 e. The van der Waals surface area contributed by atoms with Gasteiger partial charge in [-0.05, 0) is 30.5 Å². The van der Waals surface area contributed by atoms with Crippen LogP contribution < -0.4 is 22.9 Å². The van der Waals surface area contributed by atoms with E-state index < -0.39 is 0 Å². The van der Waals surface area contributed by atoms with Crippen molar-refractivity contribution in [3.8, 4) is 0 Å². The van der Waals surface area contributed by atoms with Gasteiger partial charge in [0.15, 0.2) is 0 Å². The Morgan fingerprint density at radius 3 is 1.34 bits per heavy atom. The zero-order valence-corrected chi connectivity index (χ0v) is 25.3. The van der Waals surface area contributed by atoms with E-state index in [1.54, 1.807) is 47.0 Å². The van der Waals surface area contributed by atoms with Gasteiger partial charge in [0.2, 0.25) is 0 Å². The lowest BCUT2D eigenvalue weighted by Gasteiger charge is -2.16. The van der Waals surface area contributed by atoms with Gasteiger partial charge >= 0.3 is 0 Å². The summed E-state index contributed by atoms with van der Waals surface area (Å²) in [6, 6.07) is 4.11. The van der Waals surface area contributed by atoms with Crippen molar-refractivity contribution in [1.29, 1.82) is 0 Å². The SMILES string of the molecule is C=CCSc1cc(CC=C)c(N)c(SCC=C)c1N.C=CCSc1cc(SCC=C)c(N)c(CC=C)c1N. The molecule has 0 saturated heterocycles. The molecule has 0 radical (unpaired) electrons. The Bertz CT molecular complexity index is 1090. The molecule has 0 heterocycles. The first kappa shape index (κ1) is 33.5. The molecule has 2 aromatic rings. The fraction of sp³-hybridized carbons (Fsp3) is 0.200. The summed E-state index contributed by atoms with van der Waals surface area (Å²) < 4.78 is 0. The summed E-state index contributed by atoms with van der Waals surface area (Å²) >= 11 is 6.63. The molecule has 8 heteroatoms. The molecule has 0 aromatic heterocycles. The summed E-state index contributed by atoms with van der Waals surface area (Å²) in [6.07, 6.45) is 12.5. The van der Waals surface area contributed by atoms with Crippen LogP contribution in [0.15, 0.2) is 108 Å². The Kier molecular flexibility index (Phi) is 16.5. The van der Waals surface area contributed by atoms with Gasteiger partial charge in [0.1, 0.15) is 0 Å². The quantitative estimate of drug-likeness (QED) is 0.0888. The van der Waals surface area contributed by atoms with E-state index in [0.29, 0.717) is 6.42 Å². The molecule has 0 unspecified atom stereocenters.